The lowest BCUT2D eigenvalue weighted by atomic mass is 10.2. The average Bonchev–Trinajstić information content (AvgIpc) is 2.26. The first-order valence-electron chi connectivity index (χ1n) is 4.18. The van der Waals surface area contributed by atoms with Gasteiger partial charge in [0.05, 0.1) is 14.8 Å². The number of nitro benzene ring substituents is 3. The van der Waals surface area contributed by atoms with E-state index in [1.54, 1.807) is 0 Å². The molecule has 90 valence electrons. The van der Waals surface area contributed by atoms with Crippen molar-refractivity contribution in [2.24, 2.45) is 0 Å². The molecular weight excluding hydrogens is 236 g/mol. The molecule has 0 saturated heterocycles. The van der Waals surface area contributed by atoms with E-state index in [0.29, 0.717) is 0 Å². The Morgan fingerprint density at radius 2 is 1.47 bits per heavy atom. The summed E-state index contributed by atoms with van der Waals surface area (Å²) >= 11 is 0. The molecule has 0 saturated carbocycles. The van der Waals surface area contributed by atoms with Gasteiger partial charge in [0.2, 0.25) is 0 Å². The highest BCUT2D eigenvalue weighted by molar-refractivity contribution is 5.78. The second-order valence-electron chi connectivity index (χ2n) is 2.85. The van der Waals surface area contributed by atoms with Crippen molar-refractivity contribution in [2.45, 2.75) is 0 Å². The smallest absolute Gasteiger partial charge is 0.382 e. The van der Waals surface area contributed by atoms with Crippen LogP contribution in [0.2, 0.25) is 0 Å². The molecule has 10 nitrogen and oxygen atoms in total. The maximum atomic E-state index is 10.7. The molecule has 10 heteroatoms. The highest BCUT2D eigenvalue weighted by atomic mass is 16.6. The van der Waals surface area contributed by atoms with Crippen molar-refractivity contribution in [3.8, 4) is 0 Å². The Labute approximate surface area is 93.3 Å². The number of hydrogen-bond acceptors (Lipinski definition) is 7. The van der Waals surface area contributed by atoms with Gasteiger partial charge in [-0.25, -0.2) is 0 Å². The molecule has 0 heterocycles. The van der Waals surface area contributed by atoms with E-state index in [0.717, 1.165) is 12.1 Å². The first-order valence-corrected chi connectivity index (χ1v) is 4.18. The Bertz CT molecular complexity index is 513. The van der Waals surface area contributed by atoms with Crippen LogP contribution in [0.4, 0.5) is 22.7 Å². The molecule has 0 spiro atoms. The molecule has 1 N–H and O–H groups in total. The van der Waals surface area contributed by atoms with Crippen LogP contribution in [-0.2, 0) is 0 Å². The summed E-state index contributed by atoms with van der Waals surface area (Å²) in [7, 11) is 1.32. The molecule has 1 aromatic rings. The highest BCUT2D eigenvalue weighted by Crippen LogP contribution is 2.41. The molecule has 0 fully saturated rings. The second kappa shape index (κ2) is 4.38. The normalized spacial score (nSPS) is 9.71. The maximum Gasteiger partial charge on any atom is 0.424 e. The second-order valence-corrected chi connectivity index (χ2v) is 2.85. The van der Waals surface area contributed by atoms with Crippen molar-refractivity contribution in [3.63, 3.8) is 0 Å². The lowest BCUT2D eigenvalue weighted by molar-refractivity contribution is -0.440. The number of nitro groups is 3. The predicted octanol–water partition coefficient (Wildman–Crippen LogP) is 1.45. The van der Waals surface area contributed by atoms with Crippen LogP contribution < -0.4 is 5.32 Å². The fraction of sp³-hybridized carbons (Fsp3) is 0.143. The van der Waals surface area contributed by atoms with E-state index in [2.05, 4.69) is 5.32 Å². The Morgan fingerprint density at radius 1 is 0.941 bits per heavy atom. The van der Waals surface area contributed by atoms with Gasteiger partial charge in [-0.2, -0.15) is 0 Å². The Hall–Kier alpha value is -2.78. The third-order valence-electron chi connectivity index (χ3n) is 1.96. The van der Waals surface area contributed by atoms with E-state index in [4.69, 9.17) is 0 Å². The zero-order valence-corrected chi connectivity index (χ0v) is 8.45. The van der Waals surface area contributed by atoms with Crippen molar-refractivity contribution in [1.82, 2.24) is 0 Å². The number of benzene rings is 1. The molecule has 1 aromatic carbocycles. The molecule has 0 bridgehead atoms. The van der Waals surface area contributed by atoms with Crippen molar-refractivity contribution < 1.29 is 14.8 Å². The molecule has 0 amide bonds. The molecule has 0 atom stereocenters. The summed E-state index contributed by atoms with van der Waals surface area (Å²) in [4.78, 5) is 28.8. The summed E-state index contributed by atoms with van der Waals surface area (Å²) in [5, 5.41) is 34.3. The van der Waals surface area contributed by atoms with Crippen LogP contribution in [-0.4, -0.2) is 21.8 Å². The van der Waals surface area contributed by atoms with Crippen LogP contribution in [0.25, 0.3) is 0 Å². The van der Waals surface area contributed by atoms with Gasteiger partial charge in [-0.15, -0.1) is 0 Å². The molecule has 0 aliphatic carbocycles. The quantitative estimate of drug-likeness (QED) is 0.621. The van der Waals surface area contributed by atoms with E-state index in [1.807, 2.05) is 0 Å². The van der Waals surface area contributed by atoms with E-state index in [1.165, 1.54) is 7.05 Å². The summed E-state index contributed by atoms with van der Waals surface area (Å²) in [5.74, 6) is 0. The largest absolute Gasteiger partial charge is 0.424 e. The first kappa shape index (κ1) is 12.3. The summed E-state index contributed by atoms with van der Waals surface area (Å²) in [6, 6.07) is 1.89. The van der Waals surface area contributed by atoms with Crippen molar-refractivity contribution in [2.75, 3.05) is 12.4 Å². The van der Waals surface area contributed by atoms with Crippen LogP contribution in [0.1, 0.15) is 0 Å². The minimum absolute atomic E-state index is 0.160. The van der Waals surface area contributed by atoms with E-state index < -0.39 is 31.8 Å². The van der Waals surface area contributed by atoms with Crippen LogP contribution in [0.3, 0.4) is 0 Å². The molecule has 0 radical (unpaired) electrons. The van der Waals surface area contributed by atoms with Crippen LogP contribution in [0, 0.1) is 30.3 Å². The summed E-state index contributed by atoms with van der Waals surface area (Å²) < 4.78 is 0. The van der Waals surface area contributed by atoms with Crippen molar-refractivity contribution >= 4 is 22.7 Å². The highest BCUT2D eigenvalue weighted by Gasteiger charge is 2.38. The zero-order valence-electron chi connectivity index (χ0n) is 8.45. The number of nitrogens with one attached hydrogen (secondary N) is 1. The third kappa shape index (κ3) is 2.09. The van der Waals surface area contributed by atoms with Crippen LogP contribution in [0.15, 0.2) is 12.1 Å². The molecule has 0 aliphatic heterocycles. The summed E-state index contributed by atoms with van der Waals surface area (Å²) in [5.41, 5.74) is -3.13. The number of anilines is 1. The van der Waals surface area contributed by atoms with E-state index in [9.17, 15) is 30.3 Å². The fourth-order valence-electron chi connectivity index (χ4n) is 1.28. The molecule has 17 heavy (non-hydrogen) atoms. The Kier molecular flexibility index (Phi) is 3.17. The number of nitrogens with zero attached hydrogens (tertiary/aromatic N) is 3. The maximum absolute atomic E-state index is 10.7. The number of rotatable bonds is 4. The number of hydrogen-bond donors (Lipinski definition) is 1. The topological polar surface area (TPSA) is 141 Å². The predicted molar refractivity (Wildman–Crippen MR) is 56.0 cm³/mol. The fourth-order valence-corrected chi connectivity index (χ4v) is 1.28. The standard InChI is InChI=1S/C7H6N4O6/c1-8-4-2-3-5(9(12)13)7(11(16)17)6(4)10(14)15/h2-3,8H,1H3. The first-order chi connectivity index (χ1) is 7.90. The summed E-state index contributed by atoms with van der Waals surface area (Å²) in [6.07, 6.45) is 0. The lowest BCUT2D eigenvalue weighted by Gasteiger charge is -2.02. The third-order valence-corrected chi connectivity index (χ3v) is 1.96. The van der Waals surface area contributed by atoms with Crippen molar-refractivity contribution in [3.05, 3.63) is 42.5 Å². The van der Waals surface area contributed by atoms with Gasteiger partial charge in [-0.3, -0.25) is 30.3 Å². The molecule has 0 aliphatic rings. The van der Waals surface area contributed by atoms with Crippen molar-refractivity contribution in [1.29, 1.82) is 0 Å². The van der Waals surface area contributed by atoms with Gasteiger partial charge in [0.1, 0.15) is 5.69 Å². The Morgan fingerprint density at radius 3 is 1.82 bits per heavy atom. The molecular formula is C7H6N4O6. The molecule has 0 unspecified atom stereocenters. The molecule has 1 rings (SSSR count). The lowest BCUT2D eigenvalue weighted by Crippen LogP contribution is -2.04. The van der Waals surface area contributed by atoms with Gasteiger partial charge in [0, 0.05) is 13.1 Å². The van der Waals surface area contributed by atoms with Gasteiger partial charge < -0.3 is 5.32 Å². The minimum Gasteiger partial charge on any atom is -0.382 e. The van der Waals surface area contributed by atoms with E-state index in [-0.39, 0.29) is 5.69 Å². The average molecular weight is 242 g/mol. The van der Waals surface area contributed by atoms with Gasteiger partial charge in [-0.1, -0.05) is 0 Å². The van der Waals surface area contributed by atoms with E-state index >= 15 is 0 Å². The van der Waals surface area contributed by atoms with Gasteiger partial charge >= 0.3 is 17.1 Å². The SMILES string of the molecule is CNc1ccc([N+](=O)[O-])c([N+](=O)[O-])c1[N+](=O)[O-]. The molecule has 0 aromatic heterocycles. The van der Waals surface area contributed by atoms with Crippen LogP contribution in [0.5, 0.6) is 0 Å². The zero-order chi connectivity index (χ0) is 13.2. The summed E-state index contributed by atoms with van der Waals surface area (Å²) in [6.45, 7) is 0. The minimum atomic E-state index is -1.14. The van der Waals surface area contributed by atoms with Gasteiger partial charge in [0.15, 0.2) is 0 Å². The van der Waals surface area contributed by atoms with Crippen LogP contribution >= 0.6 is 0 Å². The van der Waals surface area contributed by atoms with Gasteiger partial charge in [-0.05, 0) is 6.07 Å². The van der Waals surface area contributed by atoms with Gasteiger partial charge in [0.25, 0.3) is 0 Å². The Balaban J connectivity index is 3.71. The monoisotopic (exact) mass is 242 g/mol.